The maximum Gasteiger partial charge on any atom is 0.331 e. The number of aldehydes is 1. The highest BCUT2D eigenvalue weighted by Gasteiger charge is 2.69. The van der Waals surface area contributed by atoms with E-state index >= 15 is 0 Å². The van der Waals surface area contributed by atoms with Crippen LogP contribution in [0.5, 0.6) is 0 Å². The van der Waals surface area contributed by atoms with Gasteiger partial charge < -0.3 is 83.5 Å². The number of fused-ring (bicyclic) bond motifs is 5. The predicted octanol–water partition coefficient (Wildman–Crippen LogP) is -1.03. The third-order valence-corrected chi connectivity index (χ3v) is 16.2. The molecule has 7 fully saturated rings. The highest BCUT2D eigenvalue weighted by Crippen LogP contribution is 2.69. The van der Waals surface area contributed by atoms with Gasteiger partial charge in [0.15, 0.2) is 18.9 Å². The summed E-state index contributed by atoms with van der Waals surface area (Å²) >= 11 is 0. The number of ether oxygens (including phenoxy) is 8. The summed E-state index contributed by atoms with van der Waals surface area (Å²) in [5.74, 6) is -0.110. The fourth-order valence-corrected chi connectivity index (χ4v) is 13.0. The predicted molar refractivity (Wildman–Crippen MR) is 202 cm³/mol. The van der Waals surface area contributed by atoms with Gasteiger partial charge in [0, 0.05) is 30.4 Å². The molecule has 4 heterocycles. The molecule has 0 radical (unpaired) electrons. The van der Waals surface area contributed by atoms with Crippen LogP contribution in [0.4, 0.5) is 0 Å². The summed E-state index contributed by atoms with van der Waals surface area (Å²) in [7, 11) is 1.51. The number of hydrogen-bond acceptors (Lipinski definition) is 18. The molecule has 18 heteroatoms. The van der Waals surface area contributed by atoms with Crippen molar-refractivity contribution < 1.29 is 88.3 Å². The van der Waals surface area contributed by atoms with Gasteiger partial charge in [0.1, 0.15) is 67.8 Å². The van der Waals surface area contributed by atoms with Crippen molar-refractivity contribution >= 4 is 12.3 Å². The zero-order valence-corrected chi connectivity index (χ0v) is 34.5. The van der Waals surface area contributed by atoms with Crippen LogP contribution in [0.15, 0.2) is 11.6 Å². The van der Waals surface area contributed by atoms with Crippen LogP contribution in [0.1, 0.15) is 78.1 Å². The third-order valence-electron chi connectivity index (χ3n) is 16.2. The first-order valence-electron chi connectivity index (χ1n) is 21.8. The zero-order valence-electron chi connectivity index (χ0n) is 34.5. The lowest BCUT2D eigenvalue weighted by atomic mass is 9.43. The van der Waals surface area contributed by atoms with Gasteiger partial charge in [-0.2, -0.15) is 0 Å². The van der Waals surface area contributed by atoms with E-state index in [0.29, 0.717) is 25.7 Å². The van der Waals surface area contributed by atoms with E-state index in [1.165, 1.54) is 13.4 Å². The second-order valence-electron chi connectivity index (χ2n) is 18.9. The molecule has 60 heavy (non-hydrogen) atoms. The van der Waals surface area contributed by atoms with Gasteiger partial charge in [-0.25, -0.2) is 4.79 Å². The number of carbonyl (C=O) groups is 2. The summed E-state index contributed by atoms with van der Waals surface area (Å²) < 4.78 is 47.1. The van der Waals surface area contributed by atoms with Crippen molar-refractivity contribution in [2.75, 3.05) is 26.9 Å². The molecule has 0 unspecified atom stereocenters. The molecular weight excluding hydrogens is 792 g/mol. The molecule has 4 saturated carbocycles. The second-order valence-corrected chi connectivity index (χ2v) is 18.9. The molecule has 0 amide bonds. The molecule has 0 spiro atoms. The standard InChI is InChI=1S/C42H64O18/c1-19-36(59-39-35(51)33(49)37(28(16-44)58-39)60-38-34(50)32(48)31(47)27(15-43)57-38)26(53-3)14-30(55-19)56-22-6-10-41(18-45)21(13-22)4-5-25-24(41)7-9-40(2)23(8-11-42(25,40)52)20-12-29(46)54-17-20/h12,18-19,21-28,30-39,43-44,47-52H,4-11,13-17H2,1-3H3/t19-,21+,22-,23+,24+,25+,26+,27+,28+,30-,31+,32-,33+,34+,35+,36+,37+,38-,39-,40+,41+,42-/m0/s1. The first-order valence-corrected chi connectivity index (χ1v) is 21.8. The number of cyclic esters (lactones) is 1. The van der Waals surface area contributed by atoms with Crippen molar-refractivity contribution in [1.82, 2.24) is 0 Å². The van der Waals surface area contributed by atoms with Gasteiger partial charge in [-0.05, 0) is 94.0 Å². The molecule has 18 nitrogen and oxygen atoms in total. The minimum absolute atomic E-state index is 0.0120. The number of methoxy groups -OCH3 is 1. The second kappa shape index (κ2) is 17.3. The zero-order chi connectivity index (χ0) is 42.9. The summed E-state index contributed by atoms with van der Waals surface area (Å²) in [6.07, 6.45) is -9.10. The fraction of sp³-hybridized carbons (Fsp3) is 0.905. The van der Waals surface area contributed by atoms with Gasteiger partial charge in [-0.1, -0.05) is 6.92 Å². The lowest BCUT2D eigenvalue weighted by molar-refractivity contribution is -0.373. The summed E-state index contributed by atoms with van der Waals surface area (Å²) in [5.41, 5.74) is -0.906. The van der Waals surface area contributed by atoms with Crippen LogP contribution in [0.25, 0.3) is 0 Å². The molecule has 340 valence electrons. The van der Waals surface area contributed by atoms with E-state index in [4.69, 9.17) is 37.9 Å². The van der Waals surface area contributed by atoms with Crippen molar-refractivity contribution in [3.05, 3.63) is 11.6 Å². The maximum atomic E-state index is 13.3. The number of esters is 1. The van der Waals surface area contributed by atoms with Crippen LogP contribution in [-0.2, 0) is 47.5 Å². The van der Waals surface area contributed by atoms with E-state index in [-0.39, 0.29) is 48.8 Å². The van der Waals surface area contributed by atoms with E-state index in [0.717, 1.165) is 37.7 Å². The van der Waals surface area contributed by atoms with Gasteiger partial charge in [0.2, 0.25) is 0 Å². The minimum Gasteiger partial charge on any atom is -0.458 e. The number of rotatable bonds is 11. The number of aliphatic hydroxyl groups excluding tert-OH is 7. The van der Waals surface area contributed by atoms with Crippen molar-refractivity contribution in [2.45, 2.75) is 176 Å². The van der Waals surface area contributed by atoms with Crippen molar-refractivity contribution in [3.63, 3.8) is 0 Å². The Balaban J connectivity index is 0.874. The number of carbonyl (C=O) groups excluding carboxylic acids is 2. The Bertz CT molecular complexity index is 1580. The average molecular weight is 857 g/mol. The average Bonchev–Trinajstić information content (AvgIpc) is 3.79. The van der Waals surface area contributed by atoms with Crippen molar-refractivity contribution in [3.8, 4) is 0 Å². The highest BCUT2D eigenvalue weighted by atomic mass is 16.8. The Kier molecular flexibility index (Phi) is 13.0. The first-order chi connectivity index (χ1) is 28.6. The molecule has 8 aliphatic rings. The Hall–Kier alpha value is -1.72. The molecule has 8 rings (SSSR count). The molecule has 4 aliphatic heterocycles. The highest BCUT2D eigenvalue weighted by molar-refractivity contribution is 5.85. The van der Waals surface area contributed by atoms with Crippen LogP contribution in [-0.4, -0.2) is 178 Å². The number of hydrogen-bond donors (Lipinski definition) is 8. The van der Waals surface area contributed by atoms with Crippen molar-refractivity contribution in [1.29, 1.82) is 0 Å². The molecule has 0 aromatic rings. The van der Waals surface area contributed by atoms with Crippen LogP contribution in [0, 0.1) is 34.5 Å². The Labute approximate surface area is 349 Å². The van der Waals surface area contributed by atoms with Gasteiger partial charge in [-0.3, -0.25) is 0 Å². The lowest BCUT2D eigenvalue weighted by Crippen LogP contribution is -2.65. The third kappa shape index (κ3) is 7.42. The lowest BCUT2D eigenvalue weighted by Gasteiger charge is -2.63. The fourth-order valence-electron chi connectivity index (χ4n) is 13.0. The van der Waals surface area contributed by atoms with E-state index in [1.54, 1.807) is 13.0 Å². The smallest absolute Gasteiger partial charge is 0.331 e. The van der Waals surface area contributed by atoms with Crippen molar-refractivity contribution in [2.24, 2.45) is 34.5 Å². The van der Waals surface area contributed by atoms with Gasteiger partial charge in [0.25, 0.3) is 0 Å². The van der Waals surface area contributed by atoms with Crippen LogP contribution in [0.3, 0.4) is 0 Å². The Morgan fingerprint density at radius 2 is 1.48 bits per heavy atom. The Morgan fingerprint density at radius 1 is 0.783 bits per heavy atom. The largest absolute Gasteiger partial charge is 0.458 e. The molecule has 4 aliphatic carbocycles. The monoisotopic (exact) mass is 856 g/mol. The minimum atomic E-state index is -1.79. The topological polar surface area (TPSA) is 270 Å². The van der Waals surface area contributed by atoms with Crippen LogP contribution in [0.2, 0.25) is 0 Å². The van der Waals surface area contributed by atoms with Crippen LogP contribution < -0.4 is 0 Å². The maximum absolute atomic E-state index is 13.3. The summed E-state index contributed by atoms with van der Waals surface area (Å²) in [6, 6.07) is 0. The molecule has 22 atom stereocenters. The normalized spacial score (nSPS) is 53.1. The molecular formula is C42H64O18. The molecule has 0 bridgehead atoms. The quantitative estimate of drug-likeness (QED) is 0.0701. The SMILES string of the molecule is CO[C@@H]1C[C@H](O[C@H]2CC[C@@]3(C=O)[C@H](CC[C@@H]4[C@H]3CC[C@]3(C)[C@@H](C5=CC(=O)OC5)CC[C@]43O)C2)O[C@@H](C)[C@H]1O[C@@H]1O[C@H](CO)[C@@H](O[C@@H]2O[C@H](CO)[C@@H](O)[C@H](O)[C@H]2O)[C@H](O)[C@H]1O. The molecule has 3 saturated heterocycles. The molecule has 8 N–H and O–H groups in total. The molecule has 0 aromatic heterocycles. The van der Waals surface area contributed by atoms with Gasteiger partial charge >= 0.3 is 5.97 Å². The first kappa shape index (κ1) is 44.9. The summed E-state index contributed by atoms with van der Waals surface area (Å²) in [5, 5.41) is 85.3. The van der Waals surface area contributed by atoms with E-state index in [1.807, 2.05) is 0 Å². The molecule has 0 aromatic carbocycles. The summed E-state index contributed by atoms with van der Waals surface area (Å²) in [4.78, 5) is 25.2. The van der Waals surface area contributed by atoms with Crippen LogP contribution >= 0.6 is 0 Å². The van der Waals surface area contributed by atoms with E-state index in [2.05, 4.69) is 6.92 Å². The van der Waals surface area contributed by atoms with E-state index in [9.17, 15) is 50.4 Å². The van der Waals surface area contributed by atoms with E-state index < -0.39 is 116 Å². The van der Waals surface area contributed by atoms with Gasteiger partial charge in [0.05, 0.1) is 37.1 Å². The Morgan fingerprint density at radius 3 is 2.15 bits per heavy atom. The van der Waals surface area contributed by atoms with Gasteiger partial charge in [-0.15, -0.1) is 0 Å². The number of aliphatic hydroxyl groups is 8. The summed E-state index contributed by atoms with van der Waals surface area (Å²) in [6.45, 7) is 2.80.